The number of nitrogens with one attached hydrogen (secondary N) is 1. The summed E-state index contributed by atoms with van der Waals surface area (Å²) in [7, 11) is 0. The van der Waals surface area contributed by atoms with Gasteiger partial charge in [-0.05, 0) is 36.2 Å². The van der Waals surface area contributed by atoms with E-state index in [0.29, 0.717) is 29.9 Å². The lowest BCUT2D eigenvalue weighted by Crippen LogP contribution is -2.17. The lowest BCUT2D eigenvalue weighted by molar-refractivity contribution is -0.121. The van der Waals surface area contributed by atoms with Crippen LogP contribution in [0, 0.1) is 0 Å². The van der Waals surface area contributed by atoms with Crippen LogP contribution in [0.15, 0.2) is 76.2 Å². The van der Waals surface area contributed by atoms with Gasteiger partial charge in [-0.3, -0.25) is 4.79 Å². The number of aryl methyl sites for hydroxylation is 1. The molecule has 3 aromatic rings. The minimum Gasteiger partial charge on any atom is -0.478 e. The number of hydrazone groups is 1. The van der Waals surface area contributed by atoms with E-state index >= 15 is 0 Å². The van der Waals surface area contributed by atoms with Crippen molar-refractivity contribution < 1.29 is 19.1 Å². The van der Waals surface area contributed by atoms with Crippen molar-refractivity contribution in [2.24, 2.45) is 5.10 Å². The summed E-state index contributed by atoms with van der Waals surface area (Å²) in [5.74, 6) is -0.205. The van der Waals surface area contributed by atoms with Crippen molar-refractivity contribution in [2.45, 2.75) is 12.8 Å². The Bertz CT molecular complexity index is 961. The van der Waals surface area contributed by atoms with Crippen molar-refractivity contribution in [1.29, 1.82) is 0 Å². The molecule has 0 bridgehead atoms. The molecule has 27 heavy (non-hydrogen) atoms. The Hall–Kier alpha value is -3.67. The van der Waals surface area contributed by atoms with Gasteiger partial charge in [-0.25, -0.2) is 10.2 Å². The predicted molar refractivity (Wildman–Crippen MR) is 102 cm³/mol. The minimum absolute atomic E-state index is 0.184. The first-order chi connectivity index (χ1) is 13.1. The molecule has 2 N–H and O–H groups in total. The maximum absolute atomic E-state index is 11.8. The summed E-state index contributed by atoms with van der Waals surface area (Å²) in [6.45, 7) is 0. The van der Waals surface area contributed by atoms with Crippen LogP contribution >= 0.6 is 0 Å². The Morgan fingerprint density at radius 3 is 2.63 bits per heavy atom. The van der Waals surface area contributed by atoms with E-state index in [0.717, 1.165) is 5.56 Å². The molecule has 6 nitrogen and oxygen atoms in total. The Balaban J connectivity index is 1.55. The lowest BCUT2D eigenvalue weighted by atomic mass is 10.1. The third-order valence-electron chi connectivity index (χ3n) is 3.89. The summed E-state index contributed by atoms with van der Waals surface area (Å²) >= 11 is 0. The Morgan fingerprint density at radius 2 is 1.85 bits per heavy atom. The topological polar surface area (TPSA) is 91.9 Å². The second-order valence-corrected chi connectivity index (χ2v) is 5.87. The highest BCUT2D eigenvalue weighted by atomic mass is 16.4. The van der Waals surface area contributed by atoms with E-state index in [4.69, 9.17) is 9.52 Å². The number of carboxylic acids is 1. The molecule has 6 heteroatoms. The van der Waals surface area contributed by atoms with Crippen molar-refractivity contribution >= 4 is 18.1 Å². The molecule has 0 fully saturated rings. The molecule has 0 spiro atoms. The summed E-state index contributed by atoms with van der Waals surface area (Å²) in [5.41, 5.74) is 4.40. The number of rotatable bonds is 7. The number of carbonyl (C=O) groups is 2. The van der Waals surface area contributed by atoms with Gasteiger partial charge in [0, 0.05) is 12.0 Å². The van der Waals surface area contributed by atoms with Gasteiger partial charge in [0.25, 0.3) is 0 Å². The number of amides is 1. The largest absolute Gasteiger partial charge is 0.478 e. The number of aromatic carboxylic acids is 1. The van der Waals surface area contributed by atoms with Gasteiger partial charge in [0.1, 0.15) is 11.5 Å². The molecule has 0 atom stereocenters. The number of nitrogens with zero attached hydrogens (tertiary/aromatic N) is 1. The molecule has 0 aliphatic rings. The number of hydrogen-bond donors (Lipinski definition) is 2. The normalized spacial score (nSPS) is 10.8. The predicted octanol–water partition coefficient (Wildman–Crippen LogP) is 3.73. The number of benzene rings is 2. The van der Waals surface area contributed by atoms with Gasteiger partial charge in [0.15, 0.2) is 0 Å². The smallest absolute Gasteiger partial charge is 0.335 e. The molecule has 0 radical (unpaired) electrons. The fourth-order valence-electron chi connectivity index (χ4n) is 2.51. The second-order valence-electron chi connectivity index (χ2n) is 5.87. The molecular formula is C21H18N2O4. The molecule has 1 aromatic heterocycles. The molecule has 136 valence electrons. The molecule has 0 saturated heterocycles. The van der Waals surface area contributed by atoms with Crippen LogP contribution in [-0.2, 0) is 11.2 Å². The first-order valence-corrected chi connectivity index (χ1v) is 8.41. The zero-order valence-electron chi connectivity index (χ0n) is 14.5. The minimum atomic E-state index is -0.997. The highest BCUT2D eigenvalue weighted by Crippen LogP contribution is 2.22. The van der Waals surface area contributed by atoms with Crippen molar-refractivity contribution in [3.8, 4) is 11.3 Å². The summed E-state index contributed by atoms with van der Waals surface area (Å²) < 4.78 is 5.62. The highest BCUT2D eigenvalue weighted by molar-refractivity contribution is 5.89. The lowest BCUT2D eigenvalue weighted by Gasteiger charge is -2.00. The third kappa shape index (κ3) is 5.15. The van der Waals surface area contributed by atoms with Crippen molar-refractivity contribution in [3.63, 3.8) is 0 Å². The van der Waals surface area contributed by atoms with Gasteiger partial charge in [0.05, 0.1) is 11.8 Å². The van der Waals surface area contributed by atoms with Crippen LogP contribution in [0.5, 0.6) is 0 Å². The average Bonchev–Trinajstić information content (AvgIpc) is 3.16. The molecule has 2 aromatic carbocycles. The summed E-state index contributed by atoms with van der Waals surface area (Å²) in [5, 5.41) is 12.9. The zero-order chi connectivity index (χ0) is 19.1. The summed E-state index contributed by atoms with van der Waals surface area (Å²) in [6.07, 6.45) is 2.39. The van der Waals surface area contributed by atoms with Gasteiger partial charge >= 0.3 is 5.97 Å². The summed E-state index contributed by atoms with van der Waals surface area (Å²) in [4.78, 5) is 22.9. The number of hydrogen-bond acceptors (Lipinski definition) is 4. The Morgan fingerprint density at radius 1 is 1.04 bits per heavy atom. The number of furan rings is 1. The van der Waals surface area contributed by atoms with E-state index in [1.165, 1.54) is 18.3 Å². The molecule has 0 aliphatic carbocycles. The van der Waals surface area contributed by atoms with Crippen LogP contribution in [0.1, 0.15) is 28.1 Å². The third-order valence-corrected chi connectivity index (χ3v) is 3.89. The maximum atomic E-state index is 11.8. The van der Waals surface area contributed by atoms with E-state index in [1.54, 1.807) is 24.3 Å². The van der Waals surface area contributed by atoms with E-state index in [1.807, 2.05) is 30.3 Å². The van der Waals surface area contributed by atoms with E-state index in [9.17, 15) is 9.59 Å². The Labute approximate surface area is 156 Å². The number of carboxylic acid groups (broad SMARTS) is 1. The first kappa shape index (κ1) is 18.1. The SMILES string of the molecule is O=C(CCc1ccccc1)NN=Cc1ccc(-c2cccc(C(=O)O)c2)o1. The molecular weight excluding hydrogens is 344 g/mol. The van der Waals surface area contributed by atoms with Crippen LogP contribution in [0.4, 0.5) is 0 Å². The molecule has 0 aliphatic heterocycles. The van der Waals surface area contributed by atoms with Crippen molar-refractivity contribution in [1.82, 2.24) is 5.43 Å². The van der Waals surface area contributed by atoms with Crippen LogP contribution in [-0.4, -0.2) is 23.2 Å². The highest BCUT2D eigenvalue weighted by Gasteiger charge is 2.08. The fraction of sp³-hybridized carbons (Fsp3) is 0.0952. The second kappa shape index (κ2) is 8.62. The van der Waals surface area contributed by atoms with Crippen LogP contribution in [0.2, 0.25) is 0 Å². The van der Waals surface area contributed by atoms with Gasteiger partial charge in [-0.2, -0.15) is 5.10 Å². The first-order valence-electron chi connectivity index (χ1n) is 8.41. The summed E-state index contributed by atoms with van der Waals surface area (Å²) in [6, 6.07) is 19.6. The number of carbonyl (C=O) groups excluding carboxylic acids is 1. The van der Waals surface area contributed by atoms with Gasteiger partial charge in [-0.1, -0.05) is 42.5 Å². The van der Waals surface area contributed by atoms with Gasteiger partial charge < -0.3 is 9.52 Å². The van der Waals surface area contributed by atoms with Crippen LogP contribution in [0.25, 0.3) is 11.3 Å². The molecule has 1 heterocycles. The molecule has 3 rings (SSSR count). The van der Waals surface area contributed by atoms with E-state index in [-0.39, 0.29) is 11.5 Å². The van der Waals surface area contributed by atoms with Crippen LogP contribution < -0.4 is 5.43 Å². The quantitative estimate of drug-likeness (QED) is 0.495. The van der Waals surface area contributed by atoms with Gasteiger partial charge in [0.2, 0.25) is 5.91 Å². The standard InChI is InChI=1S/C21H18N2O4/c24-20(12-9-15-5-2-1-3-6-15)23-22-14-18-10-11-19(27-18)16-7-4-8-17(13-16)21(25)26/h1-8,10-11,13-14H,9,12H2,(H,23,24)(H,25,26). The molecule has 1 amide bonds. The Kier molecular flexibility index (Phi) is 5.79. The van der Waals surface area contributed by atoms with Crippen molar-refractivity contribution in [3.05, 3.63) is 83.6 Å². The van der Waals surface area contributed by atoms with E-state index < -0.39 is 5.97 Å². The van der Waals surface area contributed by atoms with Gasteiger partial charge in [-0.15, -0.1) is 0 Å². The van der Waals surface area contributed by atoms with Crippen molar-refractivity contribution in [2.75, 3.05) is 0 Å². The van der Waals surface area contributed by atoms with E-state index in [2.05, 4.69) is 10.5 Å². The van der Waals surface area contributed by atoms with Crippen LogP contribution in [0.3, 0.4) is 0 Å². The zero-order valence-corrected chi connectivity index (χ0v) is 14.5. The molecule has 0 saturated carbocycles. The average molecular weight is 362 g/mol. The maximum Gasteiger partial charge on any atom is 0.335 e. The molecule has 0 unspecified atom stereocenters. The monoisotopic (exact) mass is 362 g/mol. The fourth-order valence-corrected chi connectivity index (χ4v) is 2.51.